The largest absolute Gasteiger partial charge is 0.393 e. The molecule has 2 aliphatic rings. The maximum atomic E-state index is 9.53. The van der Waals surface area contributed by atoms with Crippen LogP contribution >= 0.6 is 0 Å². The minimum Gasteiger partial charge on any atom is -0.393 e. The molecule has 2 atom stereocenters. The third kappa shape index (κ3) is 2.22. The molecule has 0 saturated heterocycles. The average molecular weight is 185 g/mol. The zero-order chi connectivity index (χ0) is 9.26. The van der Waals surface area contributed by atoms with E-state index in [1.807, 2.05) is 0 Å². The van der Waals surface area contributed by atoms with Crippen molar-refractivity contribution in [2.45, 2.75) is 50.4 Å². The number of nitrogens with one attached hydrogen (secondary N) is 1. The highest BCUT2D eigenvalue weighted by molar-refractivity contribution is 4.86. The van der Waals surface area contributed by atoms with Crippen molar-refractivity contribution in [2.24, 2.45) is 5.92 Å². The van der Waals surface area contributed by atoms with Crippen LogP contribution in [0.1, 0.15) is 32.1 Å². The van der Waals surface area contributed by atoms with E-state index in [9.17, 15) is 5.11 Å². The molecule has 0 spiro atoms. The molecular weight excluding hydrogens is 166 g/mol. The summed E-state index contributed by atoms with van der Waals surface area (Å²) < 4.78 is 0. The summed E-state index contributed by atoms with van der Waals surface area (Å²) in [6.45, 7) is 0.971. The van der Waals surface area contributed by atoms with Gasteiger partial charge in [0.25, 0.3) is 0 Å². The third-order valence-electron chi connectivity index (χ3n) is 3.36. The van der Waals surface area contributed by atoms with E-state index >= 15 is 0 Å². The van der Waals surface area contributed by atoms with Gasteiger partial charge in [-0.25, -0.2) is 0 Å². The molecule has 76 valence electrons. The Labute approximate surface area is 79.2 Å². The highest BCUT2D eigenvalue weighted by Crippen LogP contribution is 2.27. The van der Waals surface area contributed by atoms with Gasteiger partial charge in [-0.2, -0.15) is 0 Å². The molecular formula is C10H19NO2. The van der Waals surface area contributed by atoms with Crippen LogP contribution in [0.15, 0.2) is 0 Å². The van der Waals surface area contributed by atoms with Gasteiger partial charge >= 0.3 is 0 Å². The van der Waals surface area contributed by atoms with Crippen LogP contribution in [0, 0.1) is 5.92 Å². The van der Waals surface area contributed by atoms with Gasteiger partial charge in [0, 0.05) is 6.04 Å². The van der Waals surface area contributed by atoms with Crippen molar-refractivity contribution in [1.82, 2.24) is 5.32 Å². The molecule has 0 aromatic rings. The number of rotatable bonds is 3. The number of aliphatic hydroxyl groups excluding tert-OH is 2. The van der Waals surface area contributed by atoms with Crippen molar-refractivity contribution in [3.8, 4) is 0 Å². The van der Waals surface area contributed by atoms with Crippen molar-refractivity contribution >= 4 is 0 Å². The molecule has 2 saturated carbocycles. The molecule has 3 heteroatoms. The predicted octanol–water partition coefficient (Wildman–Crippen LogP) is 0.260. The summed E-state index contributed by atoms with van der Waals surface area (Å²) in [5, 5.41) is 22.0. The molecule has 0 aromatic heterocycles. The molecule has 3 nitrogen and oxygen atoms in total. The van der Waals surface area contributed by atoms with Crippen LogP contribution in [-0.4, -0.2) is 35.0 Å². The Morgan fingerprint density at radius 1 is 1.15 bits per heavy atom. The van der Waals surface area contributed by atoms with E-state index in [1.165, 1.54) is 0 Å². The van der Waals surface area contributed by atoms with E-state index in [2.05, 4.69) is 5.32 Å². The SMILES string of the molecule is OC1CC(CNC2CCCC2O)C1. The Balaban J connectivity index is 1.62. The van der Waals surface area contributed by atoms with Crippen LogP contribution in [0.5, 0.6) is 0 Å². The summed E-state index contributed by atoms with van der Waals surface area (Å²) in [5.41, 5.74) is 0. The summed E-state index contributed by atoms with van der Waals surface area (Å²) in [6.07, 6.45) is 4.89. The van der Waals surface area contributed by atoms with E-state index < -0.39 is 0 Å². The first-order valence-corrected chi connectivity index (χ1v) is 5.35. The quantitative estimate of drug-likeness (QED) is 0.591. The monoisotopic (exact) mass is 185 g/mol. The van der Waals surface area contributed by atoms with Crippen molar-refractivity contribution in [3.63, 3.8) is 0 Å². The molecule has 0 amide bonds. The fourth-order valence-electron chi connectivity index (χ4n) is 2.36. The van der Waals surface area contributed by atoms with Gasteiger partial charge in [0.1, 0.15) is 0 Å². The molecule has 0 radical (unpaired) electrons. The molecule has 2 rings (SSSR count). The summed E-state index contributed by atoms with van der Waals surface area (Å²) >= 11 is 0. The van der Waals surface area contributed by atoms with Crippen LogP contribution in [0.25, 0.3) is 0 Å². The minimum absolute atomic E-state index is 0.0553. The van der Waals surface area contributed by atoms with Crippen molar-refractivity contribution < 1.29 is 10.2 Å². The second kappa shape index (κ2) is 3.95. The van der Waals surface area contributed by atoms with Crippen LogP contribution in [0.2, 0.25) is 0 Å². The van der Waals surface area contributed by atoms with E-state index in [1.54, 1.807) is 0 Å². The zero-order valence-electron chi connectivity index (χ0n) is 7.95. The number of aliphatic hydroxyl groups is 2. The predicted molar refractivity (Wildman–Crippen MR) is 50.4 cm³/mol. The standard InChI is InChI=1S/C10H19NO2/c12-8-4-7(5-8)6-11-9-2-1-3-10(9)13/h7-13H,1-6H2. The second-order valence-corrected chi connectivity index (χ2v) is 4.50. The molecule has 3 N–H and O–H groups in total. The molecule has 13 heavy (non-hydrogen) atoms. The lowest BCUT2D eigenvalue weighted by molar-refractivity contribution is 0.0391. The minimum atomic E-state index is -0.134. The Morgan fingerprint density at radius 2 is 1.92 bits per heavy atom. The van der Waals surface area contributed by atoms with Crippen LogP contribution < -0.4 is 5.32 Å². The Hall–Kier alpha value is -0.120. The van der Waals surface area contributed by atoms with Crippen LogP contribution in [0.4, 0.5) is 0 Å². The lowest BCUT2D eigenvalue weighted by atomic mass is 9.82. The highest BCUT2D eigenvalue weighted by Gasteiger charge is 2.30. The lowest BCUT2D eigenvalue weighted by Gasteiger charge is -2.32. The van der Waals surface area contributed by atoms with Gasteiger partial charge in [-0.05, 0) is 44.6 Å². The number of hydrogen-bond acceptors (Lipinski definition) is 3. The second-order valence-electron chi connectivity index (χ2n) is 4.50. The first kappa shape index (κ1) is 9.44. The summed E-state index contributed by atoms with van der Waals surface area (Å²) in [4.78, 5) is 0. The Kier molecular flexibility index (Phi) is 2.86. The first-order chi connectivity index (χ1) is 6.25. The average Bonchev–Trinajstić information content (AvgIpc) is 2.43. The maximum absolute atomic E-state index is 9.53. The summed E-state index contributed by atoms with van der Waals surface area (Å²) in [7, 11) is 0. The van der Waals surface area contributed by atoms with E-state index in [-0.39, 0.29) is 12.2 Å². The molecule has 0 heterocycles. The molecule has 0 aromatic carbocycles. The van der Waals surface area contributed by atoms with Gasteiger partial charge in [0.15, 0.2) is 0 Å². The lowest BCUT2D eigenvalue weighted by Crippen LogP contribution is -2.42. The van der Waals surface area contributed by atoms with E-state index in [4.69, 9.17) is 5.11 Å². The van der Waals surface area contributed by atoms with Gasteiger partial charge in [-0.1, -0.05) is 0 Å². The van der Waals surface area contributed by atoms with Crippen LogP contribution in [-0.2, 0) is 0 Å². The van der Waals surface area contributed by atoms with Gasteiger partial charge in [0.2, 0.25) is 0 Å². The summed E-state index contributed by atoms with van der Waals surface area (Å²) in [5.74, 6) is 0.641. The van der Waals surface area contributed by atoms with Crippen LogP contribution in [0.3, 0.4) is 0 Å². The smallest absolute Gasteiger partial charge is 0.0693 e. The first-order valence-electron chi connectivity index (χ1n) is 5.35. The van der Waals surface area contributed by atoms with Gasteiger partial charge in [-0.3, -0.25) is 0 Å². The van der Waals surface area contributed by atoms with E-state index in [0.29, 0.717) is 12.0 Å². The molecule has 0 bridgehead atoms. The van der Waals surface area contributed by atoms with Crippen molar-refractivity contribution in [1.29, 1.82) is 0 Å². The topological polar surface area (TPSA) is 52.5 Å². The molecule has 0 aliphatic heterocycles. The van der Waals surface area contributed by atoms with Gasteiger partial charge in [-0.15, -0.1) is 0 Å². The molecule has 2 fully saturated rings. The highest BCUT2D eigenvalue weighted by atomic mass is 16.3. The molecule has 2 aliphatic carbocycles. The third-order valence-corrected chi connectivity index (χ3v) is 3.36. The van der Waals surface area contributed by atoms with E-state index in [0.717, 1.165) is 38.6 Å². The van der Waals surface area contributed by atoms with Crippen molar-refractivity contribution in [2.75, 3.05) is 6.54 Å². The normalized spacial score (nSPS) is 44.8. The number of hydrogen-bond donors (Lipinski definition) is 3. The fraction of sp³-hybridized carbons (Fsp3) is 1.00. The molecule has 2 unspecified atom stereocenters. The Bertz CT molecular complexity index is 168. The Morgan fingerprint density at radius 3 is 2.46 bits per heavy atom. The maximum Gasteiger partial charge on any atom is 0.0693 e. The van der Waals surface area contributed by atoms with Gasteiger partial charge in [0.05, 0.1) is 12.2 Å². The summed E-state index contributed by atoms with van der Waals surface area (Å²) in [6, 6.07) is 0.317. The van der Waals surface area contributed by atoms with Crippen molar-refractivity contribution in [3.05, 3.63) is 0 Å². The fourth-order valence-corrected chi connectivity index (χ4v) is 2.36. The van der Waals surface area contributed by atoms with Gasteiger partial charge < -0.3 is 15.5 Å². The zero-order valence-corrected chi connectivity index (χ0v) is 7.95.